The first kappa shape index (κ1) is 20.6. The average molecular weight is 457 g/mol. The molecule has 1 aliphatic rings. The Hall–Kier alpha value is -4.96. The Labute approximate surface area is 201 Å². The van der Waals surface area contributed by atoms with Gasteiger partial charge in [0.05, 0.1) is 23.5 Å². The predicted octanol–water partition coefficient (Wildman–Crippen LogP) is 4.34. The summed E-state index contributed by atoms with van der Waals surface area (Å²) >= 11 is 0. The minimum absolute atomic E-state index is 0.309. The molecular weight excluding hydrogens is 436 g/mol. The molecular formula is C28H20N6O. The van der Waals surface area contributed by atoms with Gasteiger partial charge in [-0.2, -0.15) is 15.5 Å². The Kier molecular flexibility index (Phi) is 4.44. The molecule has 2 aromatic carbocycles. The zero-order chi connectivity index (χ0) is 24.3. The van der Waals surface area contributed by atoms with Gasteiger partial charge in [-0.1, -0.05) is 43.0 Å². The molecule has 0 atom stereocenters. The molecule has 0 saturated carbocycles. The van der Waals surface area contributed by atoms with E-state index in [1.807, 2.05) is 43.8 Å². The van der Waals surface area contributed by atoms with Gasteiger partial charge >= 0.3 is 0 Å². The highest BCUT2D eigenvalue weighted by atomic mass is 16.1. The van der Waals surface area contributed by atoms with E-state index in [1.165, 1.54) is 5.56 Å². The number of carbonyl (C=O) groups is 1. The summed E-state index contributed by atoms with van der Waals surface area (Å²) in [7, 11) is 1.88. The first-order chi connectivity index (χ1) is 16.9. The fourth-order valence-corrected chi connectivity index (χ4v) is 4.86. The number of aromatic nitrogens is 4. The van der Waals surface area contributed by atoms with Gasteiger partial charge in [0, 0.05) is 41.7 Å². The largest absolute Gasteiger partial charge is 0.366 e. The van der Waals surface area contributed by atoms with Gasteiger partial charge in [-0.3, -0.25) is 9.48 Å². The van der Waals surface area contributed by atoms with E-state index in [1.54, 1.807) is 15.4 Å². The van der Waals surface area contributed by atoms with Crippen LogP contribution in [0.3, 0.4) is 0 Å². The lowest BCUT2D eigenvalue weighted by molar-refractivity contribution is -0.112. The van der Waals surface area contributed by atoms with E-state index in [0.717, 1.165) is 56.4 Å². The molecule has 0 saturated heterocycles. The van der Waals surface area contributed by atoms with Crippen molar-refractivity contribution in [3.8, 4) is 39.4 Å². The van der Waals surface area contributed by atoms with E-state index in [9.17, 15) is 10.1 Å². The zero-order valence-corrected chi connectivity index (χ0v) is 19.0. The van der Waals surface area contributed by atoms with Crippen molar-refractivity contribution in [2.75, 3.05) is 0 Å². The van der Waals surface area contributed by atoms with Gasteiger partial charge in [0.25, 0.3) is 0 Å². The number of amides is 1. The highest BCUT2D eigenvalue weighted by Gasteiger charge is 2.22. The van der Waals surface area contributed by atoms with Crippen LogP contribution in [0.4, 0.5) is 0 Å². The first-order valence-corrected chi connectivity index (χ1v) is 11.1. The highest BCUT2D eigenvalue weighted by Crippen LogP contribution is 2.41. The van der Waals surface area contributed by atoms with Crippen LogP contribution in [0.25, 0.3) is 44.5 Å². The maximum absolute atomic E-state index is 11.6. The highest BCUT2D eigenvalue weighted by molar-refractivity contribution is 6.18. The SMILES string of the molecule is C=C(C(N)=O)c1ccc2c(c1)Cc1cc(-c3cc(-c4cnn(C)c4)cn4ncc(C#N)c34)ccc1-2. The van der Waals surface area contributed by atoms with Gasteiger partial charge < -0.3 is 5.73 Å². The predicted molar refractivity (Wildman–Crippen MR) is 134 cm³/mol. The molecule has 0 fully saturated rings. The minimum atomic E-state index is -0.519. The van der Waals surface area contributed by atoms with E-state index in [4.69, 9.17) is 5.73 Å². The van der Waals surface area contributed by atoms with Crippen LogP contribution in [-0.2, 0) is 18.3 Å². The van der Waals surface area contributed by atoms with Gasteiger partial charge in [0.1, 0.15) is 6.07 Å². The van der Waals surface area contributed by atoms with E-state index < -0.39 is 5.91 Å². The number of nitrogens with zero attached hydrogens (tertiary/aromatic N) is 5. The van der Waals surface area contributed by atoms with Crippen LogP contribution in [0.2, 0.25) is 0 Å². The van der Waals surface area contributed by atoms with Crippen molar-refractivity contribution >= 4 is 17.0 Å². The standard InChI is InChI=1S/C28H20N6O/c1-16(28(30)35)17-3-5-24-19(7-17)9-20-8-18(4-6-25(20)24)26-10-21(23-13-31-33(2)14-23)15-34-27(26)22(11-29)12-32-34/h3-8,10,12-15H,1,9H2,2H3,(H2,30,35). The molecule has 1 aliphatic carbocycles. The smallest absolute Gasteiger partial charge is 0.248 e. The second-order valence-electron chi connectivity index (χ2n) is 8.77. The Morgan fingerprint density at radius 1 is 0.971 bits per heavy atom. The quantitative estimate of drug-likeness (QED) is 0.399. The summed E-state index contributed by atoms with van der Waals surface area (Å²) in [5, 5.41) is 18.4. The second-order valence-corrected chi connectivity index (χ2v) is 8.77. The number of pyridine rings is 1. The Bertz CT molecular complexity index is 1750. The molecule has 7 heteroatoms. The van der Waals surface area contributed by atoms with Crippen molar-refractivity contribution in [1.82, 2.24) is 19.4 Å². The molecule has 35 heavy (non-hydrogen) atoms. The van der Waals surface area contributed by atoms with Crippen molar-refractivity contribution < 1.29 is 4.79 Å². The summed E-state index contributed by atoms with van der Waals surface area (Å²) in [6.45, 7) is 3.81. The molecule has 5 aromatic rings. The number of primary amides is 1. The number of hydrogen-bond donors (Lipinski definition) is 1. The number of carbonyl (C=O) groups excluding carboxylic acids is 1. The van der Waals surface area contributed by atoms with Gasteiger partial charge in [0.15, 0.2) is 0 Å². The van der Waals surface area contributed by atoms with Crippen LogP contribution in [-0.4, -0.2) is 25.3 Å². The molecule has 3 aromatic heterocycles. The van der Waals surface area contributed by atoms with Gasteiger partial charge in [-0.25, -0.2) is 4.52 Å². The number of rotatable bonds is 4. The monoisotopic (exact) mass is 456 g/mol. The molecule has 0 aliphatic heterocycles. The summed E-state index contributed by atoms with van der Waals surface area (Å²) in [6.07, 6.45) is 8.03. The molecule has 0 unspecified atom stereocenters. The number of nitrogens with two attached hydrogens (primary N) is 1. The summed E-state index contributed by atoms with van der Waals surface area (Å²) in [6, 6.07) is 16.6. The molecule has 3 heterocycles. The topological polar surface area (TPSA) is 102 Å². The van der Waals surface area contributed by atoms with E-state index >= 15 is 0 Å². The summed E-state index contributed by atoms with van der Waals surface area (Å²) < 4.78 is 3.52. The Balaban J connectivity index is 1.48. The Morgan fingerprint density at radius 3 is 2.46 bits per heavy atom. The Morgan fingerprint density at radius 2 is 1.74 bits per heavy atom. The number of benzene rings is 2. The van der Waals surface area contributed by atoms with Crippen molar-refractivity contribution in [3.63, 3.8) is 0 Å². The summed E-state index contributed by atoms with van der Waals surface area (Å²) in [5.74, 6) is -0.519. The van der Waals surface area contributed by atoms with Gasteiger partial charge in [-0.05, 0) is 45.9 Å². The normalized spacial score (nSPS) is 11.8. The lowest BCUT2D eigenvalue weighted by Crippen LogP contribution is -2.12. The molecule has 168 valence electrons. The zero-order valence-electron chi connectivity index (χ0n) is 19.0. The maximum atomic E-state index is 11.6. The molecule has 0 radical (unpaired) electrons. The summed E-state index contributed by atoms with van der Waals surface area (Å²) in [4.78, 5) is 11.6. The third-order valence-corrected chi connectivity index (χ3v) is 6.61. The fourth-order valence-electron chi connectivity index (χ4n) is 4.86. The molecule has 0 spiro atoms. The summed E-state index contributed by atoms with van der Waals surface area (Å²) in [5.41, 5.74) is 16.3. The number of aryl methyl sites for hydroxylation is 1. The molecule has 0 bridgehead atoms. The van der Waals surface area contributed by atoms with Crippen LogP contribution >= 0.6 is 0 Å². The van der Waals surface area contributed by atoms with Crippen molar-refractivity contribution in [2.24, 2.45) is 12.8 Å². The van der Waals surface area contributed by atoms with Crippen molar-refractivity contribution in [1.29, 1.82) is 5.26 Å². The first-order valence-electron chi connectivity index (χ1n) is 11.1. The van der Waals surface area contributed by atoms with Crippen molar-refractivity contribution in [2.45, 2.75) is 6.42 Å². The van der Waals surface area contributed by atoms with Crippen LogP contribution in [0, 0.1) is 11.3 Å². The van der Waals surface area contributed by atoms with Crippen LogP contribution < -0.4 is 5.73 Å². The molecule has 1 amide bonds. The van der Waals surface area contributed by atoms with Gasteiger partial charge in [0.2, 0.25) is 5.91 Å². The van der Waals surface area contributed by atoms with Crippen molar-refractivity contribution in [3.05, 3.63) is 96.1 Å². The lowest BCUT2D eigenvalue weighted by atomic mass is 9.96. The second kappa shape index (κ2) is 7.54. The van der Waals surface area contributed by atoms with E-state index in [-0.39, 0.29) is 0 Å². The lowest BCUT2D eigenvalue weighted by Gasteiger charge is -2.10. The van der Waals surface area contributed by atoms with Crippen LogP contribution in [0.5, 0.6) is 0 Å². The third-order valence-electron chi connectivity index (χ3n) is 6.61. The average Bonchev–Trinajstić information content (AvgIpc) is 3.57. The fraction of sp³-hybridized carbons (Fsp3) is 0.0714. The molecule has 7 nitrogen and oxygen atoms in total. The molecule has 6 rings (SSSR count). The number of nitriles is 1. The van der Waals surface area contributed by atoms with E-state index in [0.29, 0.717) is 11.1 Å². The molecule has 2 N–H and O–H groups in total. The van der Waals surface area contributed by atoms with Crippen LogP contribution in [0.1, 0.15) is 22.3 Å². The third kappa shape index (κ3) is 3.23. The number of hydrogen-bond acceptors (Lipinski definition) is 4. The number of fused-ring (bicyclic) bond motifs is 4. The maximum Gasteiger partial charge on any atom is 0.248 e. The van der Waals surface area contributed by atoms with Crippen LogP contribution in [0.15, 0.2) is 73.8 Å². The van der Waals surface area contributed by atoms with Gasteiger partial charge in [-0.15, -0.1) is 0 Å². The minimum Gasteiger partial charge on any atom is -0.366 e. The van der Waals surface area contributed by atoms with E-state index in [2.05, 4.69) is 47.1 Å².